The van der Waals surface area contributed by atoms with E-state index in [-0.39, 0.29) is 0 Å². The Bertz CT molecular complexity index is 743. The van der Waals surface area contributed by atoms with Gasteiger partial charge in [-0.1, -0.05) is 50.1 Å². The molecule has 0 bridgehead atoms. The van der Waals surface area contributed by atoms with Gasteiger partial charge >= 0.3 is 0 Å². The second-order valence-electron chi connectivity index (χ2n) is 6.37. The molecule has 3 rings (SSSR count). The summed E-state index contributed by atoms with van der Waals surface area (Å²) < 4.78 is 5.72. The third-order valence-corrected chi connectivity index (χ3v) is 3.94. The number of rotatable bonds is 6. The maximum absolute atomic E-state index is 10.8. The lowest BCUT2D eigenvalue weighted by Crippen LogP contribution is -2.16. The highest BCUT2D eigenvalue weighted by molar-refractivity contribution is 5.72. The van der Waals surface area contributed by atoms with Gasteiger partial charge in [-0.3, -0.25) is 4.79 Å². The Morgan fingerprint density at radius 3 is 2.50 bits per heavy atom. The number of amides is 1. The summed E-state index contributed by atoms with van der Waals surface area (Å²) >= 11 is 0. The van der Waals surface area contributed by atoms with Crippen molar-refractivity contribution >= 4 is 18.0 Å². The first-order chi connectivity index (χ1) is 12.5. The van der Waals surface area contributed by atoms with Gasteiger partial charge in [0.1, 0.15) is 12.3 Å². The van der Waals surface area contributed by atoms with Crippen molar-refractivity contribution in [3.63, 3.8) is 0 Å². The van der Waals surface area contributed by atoms with Crippen LogP contribution in [0.25, 0.3) is 5.76 Å². The molecule has 1 aliphatic carbocycles. The Morgan fingerprint density at radius 2 is 2.00 bits per heavy atom. The summed E-state index contributed by atoms with van der Waals surface area (Å²) in [4.78, 5) is 20.7. The van der Waals surface area contributed by atoms with Crippen molar-refractivity contribution in [1.82, 2.24) is 9.97 Å². The van der Waals surface area contributed by atoms with E-state index in [1.165, 1.54) is 30.1 Å². The van der Waals surface area contributed by atoms with E-state index in [2.05, 4.69) is 16.9 Å². The number of nitrogens with two attached hydrogens (primary N) is 1. The lowest BCUT2D eigenvalue weighted by Gasteiger charge is -2.14. The molecule has 2 aromatic rings. The molecule has 1 fully saturated rings. The first-order valence-electron chi connectivity index (χ1n) is 8.66. The average Bonchev–Trinajstić information content (AvgIpc) is 3.46. The van der Waals surface area contributed by atoms with Crippen molar-refractivity contribution < 1.29 is 9.53 Å². The molecule has 1 amide bonds. The number of aryl methyl sites for hydroxylation is 1. The van der Waals surface area contributed by atoms with Crippen molar-refractivity contribution in [1.29, 1.82) is 0 Å². The summed E-state index contributed by atoms with van der Waals surface area (Å²) in [5.74, 6) is 2.00. The highest BCUT2D eigenvalue weighted by atomic mass is 16.5. The Morgan fingerprint density at radius 1 is 1.35 bits per heavy atom. The van der Waals surface area contributed by atoms with Crippen LogP contribution < -0.4 is 10.6 Å². The van der Waals surface area contributed by atoms with E-state index in [1.807, 2.05) is 30.3 Å². The van der Waals surface area contributed by atoms with Crippen molar-refractivity contribution in [3.8, 4) is 0 Å². The summed E-state index contributed by atoms with van der Waals surface area (Å²) in [6, 6.07) is 9.77. The average molecular weight is 354 g/mol. The van der Waals surface area contributed by atoms with E-state index in [4.69, 9.17) is 10.5 Å². The van der Waals surface area contributed by atoms with Crippen LogP contribution in [-0.4, -0.2) is 23.4 Å². The SMILES string of the molecule is CC1CC1.Cc1nc(N(C)C=O)cnc1/C(=C\N)OCc1ccccc1. The number of aromatic nitrogens is 2. The van der Waals surface area contributed by atoms with Gasteiger partial charge in [0.05, 0.1) is 11.9 Å². The zero-order chi connectivity index (χ0) is 18.9. The Kier molecular flexibility index (Phi) is 7.14. The summed E-state index contributed by atoms with van der Waals surface area (Å²) in [5, 5.41) is 0. The molecule has 2 N–H and O–H groups in total. The Hall–Kier alpha value is -2.89. The molecule has 0 aliphatic heterocycles. The Balaban J connectivity index is 0.000000534. The molecule has 0 saturated heterocycles. The predicted octanol–water partition coefficient (Wildman–Crippen LogP) is 3.27. The lowest BCUT2D eigenvalue weighted by atomic mass is 10.2. The number of benzene rings is 1. The van der Waals surface area contributed by atoms with Crippen LogP contribution in [0.4, 0.5) is 5.82 Å². The molecular formula is C20H26N4O2. The molecule has 0 unspecified atom stereocenters. The van der Waals surface area contributed by atoms with Gasteiger partial charge in [-0.15, -0.1) is 0 Å². The van der Waals surface area contributed by atoms with Gasteiger partial charge in [-0.25, -0.2) is 9.97 Å². The smallest absolute Gasteiger partial charge is 0.215 e. The third kappa shape index (κ3) is 5.88. The largest absolute Gasteiger partial charge is 0.485 e. The molecule has 0 atom stereocenters. The van der Waals surface area contributed by atoms with Crippen LogP contribution in [0, 0.1) is 12.8 Å². The molecule has 0 radical (unpaired) electrons. The summed E-state index contributed by atoms with van der Waals surface area (Å²) in [5.41, 5.74) is 7.86. The normalized spacial score (nSPS) is 13.4. The van der Waals surface area contributed by atoms with Gasteiger partial charge in [0.15, 0.2) is 11.6 Å². The van der Waals surface area contributed by atoms with Crippen LogP contribution in [0.3, 0.4) is 0 Å². The topological polar surface area (TPSA) is 81.3 Å². The zero-order valence-corrected chi connectivity index (χ0v) is 15.6. The van der Waals surface area contributed by atoms with Crippen molar-refractivity contribution in [2.24, 2.45) is 11.7 Å². The first kappa shape index (κ1) is 19.4. The third-order valence-electron chi connectivity index (χ3n) is 3.94. The monoisotopic (exact) mass is 354 g/mol. The maximum atomic E-state index is 10.8. The van der Waals surface area contributed by atoms with Crippen molar-refractivity contribution in [3.05, 3.63) is 59.7 Å². The molecule has 1 aromatic carbocycles. The molecule has 0 spiro atoms. The van der Waals surface area contributed by atoms with Crippen molar-refractivity contribution in [2.75, 3.05) is 11.9 Å². The van der Waals surface area contributed by atoms with Crippen LogP contribution in [0.2, 0.25) is 0 Å². The molecule has 6 heteroatoms. The fourth-order valence-electron chi connectivity index (χ4n) is 2.03. The van der Waals surface area contributed by atoms with Gasteiger partial charge < -0.3 is 15.4 Å². The highest BCUT2D eigenvalue weighted by Gasteiger charge is 2.13. The highest BCUT2D eigenvalue weighted by Crippen LogP contribution is 2.26. The Labute approximate surface area is 154 Å². The van der Waals surface area contributed by atoms with Gasteiger partial charge in [0.25, 0.3) is 0 Å². The first-order valence-corrected chi connectivity index (χ1v) is 8.66. The zero-order valence-electron chi connectivity index (χ0n) is 15.6. The molecule has 1 aliphatic rings. The summed E-state index contributed by atoms with van der Waals surface area (Å²) in [6.07, 6.45) is 6.52. The fourth-order valence-corrected chi connectivity index (χ4v) is 2.03. The molecule has 26 heavy (non-hydrogen) atoms. The number of carbonyl (C=O) groups is 1. The molecule has 138 valence electrons. The maximum Gasteiger partial charge on any atom is 0.215 e. The van der Waals surface area contributed by atoms with E-state index in [1.54, 1.807) is 14.0 Å². The van der Waals surface area contributed by atoms with Gasteiger partial charge in [0.2, 0.25) is 6.41 Å². The minimum atomic E-state index is 0.390. The quantitative estimate of drug-likeness (QED) is 0.636. The molecule has 6 nitrogen and oxygen atoms in total. The molecule has 1 aromatic heterocycles. The molecule has 1 saturated carbocycles. The number of hydrogen-bond donors (Lipinski definition) is 1. The van der Waals surface area contributed by atoms with E-state index in [0.717, 1.165) is 11.5 Å². The van der Waals surface area contributed by atoms with Gasteiger partial charge in [0, 0.05) is 13.2 Å². The minimum absolute atomic E-state index is 0.390. The lowest BCUT2D eigenvalue weighted by molar-refractivity contribution is -0.107. The van der Waals surface area contributed by atoms with Crippen molar-refractivity contribution in [2.45, 2.75) is 33.3 Å². The van der Waals surface area contributed by atoms with Crippen LogP contribution >= 0.6 is 0 Å². The summed E-state index contributed by atoms with van der Waals surface area (Å²) in [6.45, 7) is 4.46. The fraction of sp³-hybridized carbons (Fsp3) is 0.350. The molecule has 1 heterocycles. The van der Waals surface area contributed by atoms with E-state index in [9.17, 15) is 4.79 Å². The standard InChI is InChI=1S/C16H18N4O2.C4H8/c1-12-16(18-9-15(19-12)20(2)11-21)14(8-17)22-10-13-6-4-3-5-7-13;1-4-2-3-4/h3-9,11H,10,17H2,1-2H3;4H,2-3H2,1H3/b14-8+;. The van der Waals surface area contributed by atoms with Crippen LogP contribution in [0.5, 0.6) is 0 Å². The minimum Gasteiger partial charge on any atom is -0.485 e. The number of nitrogens with zero attached hydrogens (tertiary/aromatic N) is 3. The predicted molar refractivity (Wildman–Crippen MR) is 103 cm³/mol. The number of hydrogen-bond acceptors (Lipinski definition) is 5. The van der Waals surface area contributed by atoms with E-state index < -0.39 is 0 Å². The summed E-state index contributed by atoms with van der Waals surface area (Å²) in [7, 11) is 1.61. The number of ether oxygens (including phenoxy) is 1. The van der Waals surface area contributed by atoms with E-state index >= 15 is 0 Å². The second-order valence-corrected chi connectivity index (χ2v) is 6.37. The number of anilines is 1. The van der Waals surface area contributed by atoms with Crippen LogP contribution in [0.1, 0.15) is 36.7 Å². The van der Waals surface area contributed by atoms with Crippen LogP contribution in [-0.2, 0) is 16.1 Å². The van der Waals surface area contributed by atoms with Crippen LogP contribution in [0.15, 0.2) is 42.7 Å². The van der Waals surface area contributed by atoms with E-state index in [0.29, 0.717) is 36.0 Å². The van der Waals surface area contributed by atoms with Gasteiger partial charge in [-0.05, 0) is 18.4 Å². The number of carbonyl (C=O) groups excluding carboxylic acids is 1. The second kappa shape index (κ2) is 9.56. The van der Waals surface area contributed by atoms with Gasteiger partial charge in [-0.2, -0.15) is 0 Å². The molecular weight excluding hydrogens is 328 g/mol.